The highest BCUT2D eigenvalue weighted by atomic mass is 16.5. The molecule has 0 aliphatic rings. The van der Waals surface area contributed by atoms with Crippen molar-refractivity contribution in [1.29, 1.82) is 0 Å². The topological polar surface area (TPSA) is 51.7 Å². The van der Waals surface area contributed by atoms with Gasteiger partial charge in [0.15, 0.2) is 11.5 Å². The fraction of sp³-hybridized carbons (Fsp3) is 0.250. The molecular formula is C32H34N2O3. The van der Waals surface area contributed by atoms with Crippen molar-refractivity contribution in [3.8, 4) is 11.5 Å². The summed E-state index contributed by atoms with van der Waals surface area (Å²) in [6.45, 7) is 1.61. The summed E-state index contributed by atoms with van der Waals surface area (Å²) in [5.41, 5.74) is 4.47. The lowest BCUT2D eigenvalue weighted by molar-refractivity contribution is -0.131. The fourth-order valence-electron chi connectivity index (χ4n) is 4.23. The molecule has 0 saturated heterocycles. The van der Waals surface area contributed by atoms with Crippen molar-refractivity contribution >= 4 is 5.91 Å². The van der Waals surface area contributed by atoms with E-state index in [4.69, 9.17) is 9.47 Å². The lowest BCUT2D eigenvalue weighted by Crippen LogP contribution is -2.32. The monoisotopic (exact) mass is 494 g/mol. The molecule has 0 aliphatic carbocycles. The summed E-state index contributed by atoms with van der Waals surface area (Å²) in [5, 5.41) is 0. The van der Waals surface area contributed by atoms with E-state index in [1.165, 1.54) is 5.56 Å². The molecule has 1 aromatic heterocycles. The molecule has 5 nitrogen and oxygen atoms in total. The molecule has 1 heterocycles. The number of amides is 1. The molecule has 5 heteroatoms. The van der Waals surface area contributed by atoms with Gasteiger partial charge in [-0.3, -0.25) is 9.78 Å². The lowest BCUT2D eigenvalue weighted by atomic mass is 10.1. The molecule has 190 valence electrons. The standard InChI is InChI=1S/C32H34N2O3/c1-36-31-22-29(17-18-30(31)37-25-28-12-6-3-7-13-28)24-34(21-19-27-15-9-20-33-23-27)32(35)16-8-14-26-10-4-2-5-11-26/h2-7,9-13,15,17-18,20,22-23H,8,14,16,19,21,24-25H2,1H3. The van der Waals surface area contributed by atoms with Gasteiger partial charge in [0.2, 0.25) is 5.91 Å². The van der Waals surface area contributed by atoms with Crippen molar-refractivity contribution in [2.75, 3.05) is 13.7 Å². The summed E-state index contributed by atoms with van der Waals surface area (Å²) >= 11 is 0. The van der Waals surface area contributed by atoms with Crippen LogP contribution in [0.1, 0.15) is 35.1 Å². The lowest BCUT2D eigenvalue weighted by Gasteiger charge is -2.24. The van der Waals surface area contributed by atoms with E-state index in [0.29, 0.717) is 37.6 Å². The van der Waals surface area contributed by atoms with Crippen molar-refractivity contribution < 1.29 is 14.3 Å². The minimum atomic E-state index is 0.156. The first kappa shape index (κ1) is 26.0. The van der Waals surface area contributed by atoms with Gasteiger partial charge >= 0.3 is 0 Å². The van der Waals surface area contributed by atoms with Crippen molar-refractivity contribution in [3.05, 3.63) is 126 Å². The van der Waals surface area contributed by atoms with Crippen LogP contribution in [0, 0.1) is 0 Å². The summed E-state index contributed by atoms with van der Waals surface area (Å²) in [6, 6.07) is 30.2. The molecule has 0 fully saturated rings. The van der Waals surface area contributed by atoms with Crippen LogP contribution in [0.5, 0.6) is 11.5 Å². The number of benzene rings is 3. The highest BCUT2D eigenvalue weighted by molar-refractivity contribution is 5.76. The van der Waals surface area contributed by atoms with E-state index in [2.05, 4.69) is 17.1 Å². The second-order valence-electron chi connectivity index (χ2n) is 9.03. The van der Waals surface area contributed by atoms with Gasteiger partial charge in [-0.2, -0.15) is 0 Å². The van der Waals surface area contributed by atoms with Crippen LogP contribution < -0.4 is 9.47 Å². The van der Waals surface area contributed by atoms with Crippen LogP contribution >= 0.6 is 0 Å². The molecule has 4 aromatic rings. The van der Waals surface area contributed by atoms with Crippen molar-refractivity contribution in [2.24, 2.45) is 0 Å². The highest BCUT2D eigenvalue weighted by Crippen LogP contribution is 2.29. The maximum Gasteiger partial charge on any atom is 0.222 e. The molecule has 0 aliphatic heterocycles. The Bertz CT molecular complexity index is 1230. The third-order valence-corrected chi connectivity index (χ3v) is 6.28. The minimum absolute atomic E-state index is 0.156. The molecule has 3 aromatic carbocycles. The number of rotatable bonds is 13. The molecule has 1 amide bonds. The van der Waals surface area contributed by atoms with Crippen LogP contribution in [0.15, 0.2) is 103 Å². The Labute approximate surface area is 219 Å². The zero-order valence-corrected chi connectivity index (χ0v) is 21.4. The summed E-state index contributed by atoms with van der Waals surface area (Å²) in [7, 11) is 1.64. The minimum Gasteiger partial charge on any atom is -0.493 e. The van der Waals surface area contributed by atoms with E-state index in [9.17, 15) is 4.79 Å². The Balaban J connectivity index is 1.41. The molecule has 0 atom stereocenters. The van der Waals surface area contributed by atoms with Crippen LogP contribution in [0.3, 0.4) is 0 Å². The van der Waals surface area contributed by atoms with Crippen molar-refractivity contribution in [1.82, 2.24) is 9.88 Å². The van der Waals surface area contributed by atoms with Gasteiger partial charge in [-0.05, 0) is 59.7 Å². The Hall–Kier alpha value is -4.12. The quantitative estimate of drug-likeness (QED) is 0.220. The zero-order chi connectivity index (χ0) is 25.7. The maximum absolute atomic E-state index is 13.3. The van der Waals surface area contributed by atoms with Gasteiger partial charge in [0.05, 0.1) is 7.11 Å². The van der Waals surface area contributed by atoms with E-state index >= 15 is 0 Å². The molecule has 0 bridgehead atoms. The Morgan fingerprint density at radius 3 is 2.22 bits per heavy atom. The second kappa shape index (κ2) is 13.8. The Kier molecular flexibility index (Phi) is 9.70. The average Bonchev–Trinajstić information content (AvgIpc) is 2.96. The van der Waals surface area contributed by atoms with Gasteiger partial charge in [0, 0.05) is 31.9 Å². The van der Waals surface area contributed by atoms with Gasteiger partial charge < -0.3 is 14.4 Å². The van der Waals surface area contributed by atoms with Crippen molar-refractivity contribution in [3.63, 3.8) is 0 Å². The maximum atomic E-state index is 13.3. The molecule has 0 N–H and O–H groups in total. The third kappa shape index (κ3) is 8.21. The summed E-state index contributed by atoms with van der Waals surface area (Å²) < 4.78 is 11.6. The summed E-state index contributed by atoms with van der Waals surface area (Å²) in [5.74, 6) is 1.51. The predicted molar refractivity (Wildman–Crippen MR) is 147 cm³/mol. The van der Waals surface area contributed by atoms with Crippen molar-refractivity contribution in [2.45, 2.75) is 38.8 Å². The molecule has 4 rings (SSSR count). The molecular weight excluding hydrogens is 460 g/mol. The van der Waals surface area contributed by atoms with Crippen LogP contribution in [0.25, 0.3) is 0 Å². The van der Waals surface area contributed by atoms with Gasteiger partial charge in [-0.25, -0.2) is 0 Å². The number of aryl methyl sites for hydroxylation is 1. The van der Waals surface area contributed by atoms with Gasteiger partial charge in [0.25, 0.3) is 0 Å². The number of carbonyl (C=O) groups is 1. The van der Waals surface area contributed by atoms with Crippen LogP contribution in [-0.2, 0) is 30.8 Å². The predicted octanol–water partition coefficient (Wildman–Crippen LogP) is 6.26. The summed E-state index contributed by atoms with van der Waals surface area (Å²) in [4.78, 5) is 19.4. The van der Waals surface area contributed by atoms with Crippen LogP contribution in [0.4, 0.5) is 0 Å². The average molecular weight is 495 g/mol. The van der Waals surface area contributed by atoms with Crippen LogP contribution in [0.2, 0.25) is 0 Å². The molecule has 0 unspecified atom stereocenters. The van der Waals surface area contributed by atoms with Gasteiger partial charge in [0.1, 0.15) is 6.61 Å². The third-order valence-electron chi connectivity index (χ3n) is 6.28. The first-order valence-corrected chi connectivity index (χ1v) is 12.8. The number of hydrogen-bond acceptors (Lipinski definition) is 4. The Morgan fingerprint density at radius 2 is 1.51 bits per heavy atom. The normalized spacial score (nSPS) is 10.6. The molecule has 37 heavy (non-hydrogen) atoms. The highest BCUT2D eigenvalue weighted by Gasteiger charge is 2.16. The van der Waals surface area contributed by atoms with Gasteiger partial charge in [-0.15, -0.1) is 0 Å². The first-order valence-electron chi connectivity index (χ1n) is 12.8. The number of hydrogen-bond donors (Lipinski definition) is 0. The molecule has 0 saturated carbocycles. The second-order valence-corrected chi connectivity index (χ2v) is 9.03. The first-order chi connectivity index (χ1) is 18.2. The summed E-state index contributed by atoms with van der Waals surface area (Å²) in [6.07, 6.45) is 6.61. The number of methoxy groups -OCH3 is 1. The van der Waals surface area contributed by atoms with E-state index in [1.807, 2.05) is 90.0 Å². The number of carbonyl (C=O) groups excluding carboxylic acids is 1. The van der Waals surface area contributed by atoms with E-state index in [-0.39, 0.29) is 5.91 Å². The molecule has 0 spiro atoms. The largest absolute Gasteiger partial charge is 0.493 e. The SMILES string of the molecule is COc1cc(CN(CCc2cccnc2)C(=O)CCCc2ccccc2)ccc1OCc1ccccc1. The smallest absolute Gasteiger partial charge is 0.222 e. The zero-order valence-electron chi connectivity index (χ0n) is 21.4. The molecule has 0 radical (unpaired) electrons. The van der Waals surface area contributed by atoms with E-state index in [0.717, 1.165) is 36.0 Å². The number of aromatic nitrogens is 1. The van der Waals surface area contributed by atoms with Crippen LogP contribution in [-0.4, -0.2) is 29.4 Å². The van der Waals surface area contributed by atoms with E-state index in [1.54, 1.807) is 13.3 Å². The van der Waals surface area contributed by atoms with E-state index < -0.39 is 0 Å². The number of ether oxygens (including phenoxy) is 2. The number of pyridine rings is 1. The Morgan fingerprint density at radius 1 is 0.784 bits per heavy atom. The van der Waals surface area contributed by atoms with Gasteiger partial charge in [-0.1, -0.05) is 72.8 Å². The number of nitrogens with zero attached hydrogens (tertiary/aromatic N) is 2. The fourth-order valence-corrected chi connectivity index (χ4v) is 4.23.